The van der Waals surface area contributed by atoms with Gasteiger partial charge in [-0.15, -0.1) is 0 Å². The molecule has 0 unspecified atom stereocenters. The number of amides is 2. The fourth-order valence-electron chi connectivity index (χ4n) is 1.85. The summed E-state index contributed by atoms with van der Waals surface area (Å²) in [7, 11) is 0. The molecule has 1 aromatic carbocycles. The van der Waals surface area contributed by atoms with Gasteiger partial charge in [-0.25, -0.2) is 4.98 Å². The molecule has 0 aliphatic heterocycles. The van der Waals surface area contributed by atoms with Crippen molar-refractivity contribution in [3.8, 4) is 0 Å². The van der Waals surface area contributed by atoms with E-state index in [9.17, 15) is 9.59 Å². The van der Waals surface area contributed by atoms with Crippen LogP contribution >= 0.6 is 0 Å². The maximum atomic E-state index is 11.9. The zero-order valence-electron chi connectivity index (χ0n) is 12.4. The molecule has 2 rings (SSSR count). The first kappa shape index (κ1) is 15.6. The van der Waals surface area contributed by atoms with Gasteiger partial charge in [-0.05, 0) is 24.1 Å². The van der Waals surface area contributed by atoms with Crippen LogP contribution < -0.4 is 10.6 Å². The number of aromatic nitrogens is 2. The van der Waals surface area contributed by atoms with Crippen LogP contribution in [0.5, 0.6) is 0 Å². The highest BCUT2D eigenvalue weighted by molar-refractivity contribution is 5.94. The van der Waals surface area contributed by atoms with E-state index >= 15 is 0 Å². The highest BCUT2D eigenvalue weighted by Crippen LogP contribution is 2.04. The van der Waals surface area contributed by atoms with Gasteiger partial charge in [-0.2, -0.15) is 0 Å². The highest BCUT2D eigenvalue weighted by atomic mass is 16.2. The third-order valence-corrected chi connectivity index (χ3v) is 3.12. The predicted octanol–water partition coefficient (Wildman–Crippen LogP) is 1.20. The van der Waals surface area contributed by atoms with Crippen molar-refractivity contribution < 1.29 is 9.59 Å². The number of nitrogens with one attached hydrogen (secondary N) is 2. The van der Waals surface area contributed by atoms with E-state index in [0.717, 1.165) is 6.42 Å². The number of hydrogen-bond acceptors (Lipinski definition) is 4. The number of nitrogens with zero attached hydrogens (tertiary/aromatic N) is 2. The normalized spacial score (nSPS) is 10.0. The molecule has 0 aliphatic carbocycles. The lowest BCUT2D eigenvalue weighted by atomic mass is 10.1. The van der Waals surface area contributed by atoms with Crippen LogP contribution in [0.2, 0.25) is 0 Å². The molecule has 0 saturated heterocycles. The quantitative estimate of drug-likeness (QED) is 0.785. The van der Waals surface area contributed by atoms with E-state index < -0.39 is 0 Å². The van der Waals surface area contributed by atoms with E-state index in [0.29, 0.717) is 18.7 Å². The van der Waals surface area contributed by atoms with E-state index in [4.69, 9.17) is 0 Å². The Morgan fingerprint density at radius 3 is 2.27 bits per heavy atom. The van der Waals surface area contributed by atoms with Crippen molar-refractivity contribution >= 4 is 11.8 Å². The van der Waals surface area contributed by atoms with Crippen molar-refractivity contribution in [3.63, 3.8) is 0 Å². The summed E-state index contributed by atoms with van der Waals surface area (Å²) < 4.78 is 0. The van der Waals surface area contributed by atoms with E-state index in [1.807, 2.05) is 12.1 Å². The molecule has 1 heterocycles. The second-order valence-corrected chi connectivity index (χ2v) is 4.65. The van der Waals surface area contributed by atoms with E-state index in [-0.39, 0.29) is 17.5 Å². The molecule has 6 nitrogen and oxygen atoms in total. The third-order valence-electron chi connectivity index (χ3n) is 3.12. The summed E-state index contributed by atoms with van der Waals surface area (Å²) in [5.41, 5.74) is 2.05. The smallest absolute Gasteiger partial charge is 0.271 e. The second kappa shape index (κ2) is 7.87. The average Bonchev–Trinajstić information content (AvgIpc) is 2.59. The molecular formula is C16H18N4O2. The van der Waals surface area contributed by atoms with Crippen LogP contribution in [0.3, 0.4) is 0 Å². The topological polar surface area (TPSA) is 84.0 Å². The summed E-state index contributed by atoms with van der Waals surface area (Å²) >= 11 is 0. The van der Waals surface area contributed by atoms with Gasteiger partial charge in [-0.3, -0.25) is 14.6 Å². The number of carbonyl (C=O) groups is 2. The van der Waals surface area contributed by atoms with Crippen LogP contribution in [-0.4, -0.2) is 34.9 Å². The van der Waals surface area contributed by atoms with Gasteiger partial charge < -0.3 is 10.6 Å². The van der Waals surface area contributed by atoms with Crippen molar-refractivity contribution in [2.24, 2.45) is 0 Å². The Balaban J connectivity index is 1.74. The van der Waals surface area contributed by atoms with Gasteiger partial charge >= 0.3 is 0 Å². The minimum Gasteiger partial charge on any atom is -0.350 e. The van der Waals surface area contributed by atoms with Crippen LogP contribution in [0.15, 0.2) is 42.9 Å². The Morgan fingerprint density at radius 1 is 1.00 bits per heavy atom. The summed E-state index contributed by atoms with van der Waals surface area (Å²) in [6.45, 7) is 2.74. The van der Waals surface area contributed by atoms with Crippen LogP contribution in [-0.2, 0) is 6.42 Å². The molecule has 0 bridgehead atoms. The Bertz CT molecular complexity index is 626. The standard InChI is InChI=1S/C16H18N4O2/c1-2-12-3-5-13(6-4-12)15(21)19-9-10-20-16(22)14-11-17-7-8-18-14/h3-8,11H,2,9-10H2,1H3,(H,19,21)(H,20,22). The molecule has 1 aromatic heterocycles. The predicted molar refractivity (Wildman–Crippen MR) is 82.5 cm³/mol. The SMILES string of the molecule is CCc1ccc(C(=O)NCCNC(=O)c2cnccn2)cc1. The van der Waals surface area contributed by atoms with Crippen LogP contribution in [0, 0.1) is 0 Å². The Kier molecular flexibility index (Phi) is 5.59. The lowest BCUT2D eigenvalue weighted by Gasteiger charge is -2.07. The molecule has 0 aliphatic rings. The number of hydrogen-bond donors (Lipinski definition) is 2. The van der Waals surface area contributed by atoms with Crippen molar-refractivity contribution in [3.05, 3.63) is 59.7 Å². The maximum Gasteiger partial charge on any atom is 0.271 e. The monoisotopic (exact) mass is 298 g/mol. The molecule has 0 fully saturated rings. The largest absolute Gasteiger partial charge is 0.350 e. The minimum absolute atomic E-state index is 0.156. The van der Waals surface area contributed by atoms with Crippen LogP contribution in [0.4, 0.5) is 0 Å². The van der Waals surface area contributed by atoms with Crippen molar-refractivity contribution in [1.29, 1.82) is 0 Å². The molecule has 0 radical (unpaired) electrons. The highest BCUT2D eigenvalue weighted by Gasteiger charge is 2.07. The molecule has 114 valence electrons. The molecule has 2 N–H and O–H groups in total. The lowest BCUT2D eigenvalue weighted by molar-refractivity contribution is 0.0925. The van der Waals surface area contributed by atoms with E-state index in [1.165, 1.54) is 24.2 Å². The Labute approximate surface area is 129 Å². The van der Waals surface area contributed by atoms with Gasteiger partial charge in [0.05, 0.1) is 6.20 Å². The zero-order valence-corrected chi connectivity index (χ0v) is 12.4. The number of carbonyl (C=O) groups excluding carboxylic acids is 2. The van der Waals surface area contributed by atoms with Crippen molar-refractivity contribution in [2.45, 2.75) is 13.3 Å². The average molecular weight is 298 g/mol. The fraction of sp³-hybridized carbons (Fsp3) is 0.250. The van der Waals surface area contributed by atoms with Gasteiger partial charge in [0.1, 0.15) is 5.69 Å². The molecular weight excluding hydrogens is 280 g/mol. The molecule has 22 heavy (non-hydrogen) atoms. The molecule has 6 heteroatoms. The molecule has 2 amide bonds. The van der Waals surface area contributed by atoms with Gasteiger partial charge in [0, 0.05) is 31.0 Å². The van der Waals surface area contributed by atoms with Crippen LogP contribution in [0.25, 0.3) is 0 Å². The first-order valence-electron chi connectivity index (χ1n) is 7.12. The fourth-order valence-corrected chi connectivity index (χ4v) is 1.85. The summed E-state index contributed by atoms with van der Waals surface area (Å²) in [6, 6.07) is 7.47. The summed E-state index contributed by atoms with van der Waals surface area (Å²) in [5.74, 6) is -0.467. The third kappa shape index (κ3) is 4.37. The molecule has 2 aromatic rings. The Morgan fingerprint density at radius 2 is 1.68 bits per heavy atom. The Hall–Kier alpha value is -2.76. The zero-order chi connectivity index (χ0) is 15.8. The summed E-state index contributed by atoms with van der Waals surface area (Å²) in [4.78, 5) is 31.3. The number of rotatable bonds is 6. The van der Waals surface area contributed by atoms with Gasteiger partial charge in [-0.1, -0.05) is 19.1 Å². The number of aryl methyl sites for hydroxylation is 1. The van der Waals surface area contributed by atoms with E-state index in [2.05, 4.69) is 27.5 Å². The number of benzene rings is 1. The summed E-state index contributed by atoms with van der Waals surface area (Å²) in [5, 5.41) is 5.42. The van der Waals surface area contributed by atoms with Crippen molar-refractivity contribution in [1.82, 2.24) is 20.6 Å². The van der Waals surface area contributed by atoms with Gasteiger partial charge in [0.15, 0.2) is 0 Å². The van der Waals surface area contributed by atoms with Crippen LogP contribution in [0.1, 0.15) is 33.3 Å². The van der Waals surface area contributed by atoms with E-state index in [1.54, 1.807) is 12.1 Å². The minimum atomic E-state index is -0.311. The lowest BCUT2D eigenvalue weighted by Crippen LogP contribution is -2.35. The maximum absolute atomic E-state index is 11.9. The van der Waals surface area contributed by atoms with Gasteiger partial charge in [0.2, 0.25) is 0 Å². The summed E-state index contributed by atoms with van der Waals surface area (Å²) in [6.07, 6.45) is 5.29. The van der Waals surface area contributed by atoms with Crippen molar-refractivity contribution in [2.75, 3.05) is 13.1 Å². The first-order valence-corrected chi connectivity index (χ1v) is 7.12. The molecule has 0 atom stereocenters. The van der Waals surface area contributed by atoms with Gasteiger partial charge in [0.25, 0.3) is 11.8 Å². The second-order valence-electron chi connectivity index (χ2n) is 4.65. The molecule has 0 saturated carbocycles. The molecule has 0 spiro atoms. The first-order chi connectivity index (χ1) is 10.7.